The zero-order valence-electron chi connectivity index (χ0n) is 19.2. The van der Waals surface area contributed by atoms with E-state index in [1.54, 1.807) is 27.9 Å². The molecule has 8 heteroatoms. The average Bonchev–Trinajstić information content (AvgIpc) is 2.98. The van der Waals surface area contributed by atoms with Gasteiger partial charge < -0.3 is 29.9 Å². The summed E-state index contributed by atoms with van der Waals surface area (Å²) < 4.78 is 10.6. The van der Waals surface area contributed by atoms with Gasteiger partial charge in [0.25, 0.3) is 0 Å². The number of hydrogen-bond acceptors (Lipinski definition) is 6. The van der Waals surface area contributed by atoms with E-state index in [1.165, 1.54) is 0 Å². The van der Waals surface area contributed by atoms with Crippen molar-refractivity contribution in [3.05, 3.63) is 29.8 Å². The topological polar surface area (TPSA) is 108 Å². The zero-order valence-corrected chi connectivity index (χ0v) is 19.2. The van der Waals surface area contributed by atoms with Crippen molar-refractivity contribution in [1.82, 2.24) is 10.2 Å². The first-order valence-corrected chi connectivity index (χ1v) is 11.3. The SMILES string of the molecule is COc1ccc(C[C@H]2[C@@H](O)[C@H]3C[C@@]4(CC[C@@H]3O)C[C@H](NC(=O)OC(C)(C)C)C(=O)N24)cc1. The Balaban J connectivity index is 1.60. The fourth-order valence-electron chi connectivity index (χ4n) is 5.76. The van der Waals surface area contributed by atoms with Crippen LogP contribution in [0.2, 0.25) is 0 Å². The highest BCUT2D eigenvalue weighted by Gasteiger charge is 2.62. The lowest BCUT2D eigenvalue weighted by Gasteiger charge is -2.56. The van der Waals surface area contributed by atoms with E-state index >= 15 is 0 Å². The third-order valence-corrected chi connectivity index (χ3v) is 7.11. The Morgan fingerprint density at radius 2 is 1.91 bits per heavy atom. The maximum atomic E-state index is 13.5. The van der Waals surface area contributed by atoms with E-state index < -0.39 is 41.5 Å². The van der Waals surface area contributed by atoms with Crippen molar-refractivity contribution in [3.8, 4) is 5.75 Å². The van der Waals surface area contributed by atoms with Crippen LogP contribution in [-0.2, 0) is 16.0 Å². The Morgan fingerprint density at radius 1 is 1.22 bits per heavy atom. The monoisotopic (exact) mass is 446 g/mol. The number of ether oxygens (including phenoxy) is 2. The van der Waals surface area contributed by atoms with Crippen molar-refractivity contribution >= 4 is 12.0 Å². The third kappa shape index (κ3) is 4.18. The number of amides is 2. The van der Waals surface area contributed by atoms with Crippen molar-refractivity contribution in [2.45, 2.75) is 88.3 Å². The summed E-state index contributed by atoms with van der Waals surface area (Å²) in [6.45, 7) is 5.33. The first-order valence-electron chi connectivity index (χ1n) is 11.3. The molecule has 3 aliphatic rings. The summed E-state index contributed by atoms with van der Waals surface area (Å²) in [5.41, 5.74) is -0.169. The van der Waals surface area contributed by atoms with Crippen LogP contribution in [0.5, 0.6) is 5.75 Å². The normalized spacial score (nSPS) is 34.1. The summed E-state index contributed by atoms with van der Waals surface area (Å²) in [7, 11) is 1.60. The molecule has 3 fully saturated rings. The molecule has 1 aromatic carbocycles. The van der Waals surface area contributed by atoms with Gasteiger partial charge in [-0.15, -0.1) is 0 Å². The van der Waals surface area contributed by atoms with Gasteiger partial charge in [-0.25, -0.2) is 4.79 Å². The molecule has 1 spiro atoms. The van der Waals surface area contributed by atoms with Crippen LogP contribution in [0.4, 0.5) is 4.79 Å². The van der Waals surface area contributed by atoms with Crippen LogP contribution in [0.25, 0.3) is 0 Å². The Kier molecular flexibility index (Phi) is 5.88. The molecule has 1 saturated carbocycles. The van der Waals surface area contributed by atoms with Gasteiger partial charge in [-0.2, -0.15) is 0 Å². The maximum Gasteiger partial charge on any atom is 0.408 e. The highest BCUT2D eigenvalue weighted by molar-refractivity contribution is 5.89. The summed E-state index contributed by atoms with van der Waals surface area (Å²) in [5, 5.41) is 24.6. The van der Waals surface area contributed by atoms with E-state index in [4.69, 9.17) is 9.47 Å². The maximum absolute atomic E-state index is 13.5. The first-order chi connectivity index (χ1) is 15.0. The molecule has 2 bridgehead atoms. The highest BCUT2D eigenvalue weighted by atomic mass is 16.6. The molecule has 0 unspecified atom stereocenters. The largest absolute Gasteiger partial charge is 0.497 e. The number of fused-ring (bicyclic) bond motifs is 1. The molecule has 0 radical (unpaired) electrons. The van der Waals surface area contributed by atoms with Crippen LogP contribution < -0.4 is 10.1 Å². The zero-order chi connectivity index (χ0) is 23.3. The van der Waals surface area contributed by atoms with Crippen molar-refractivity contribution in [1.29, 1.82) is 0 Å². The van der Waals surface area contributed by atoms with Crippen LogP contribution >= 0.6 is 0 Å². The highest BCUT2D eigenvalue weighted by Crippen LogP contribution is 2.51. The van der Waals surface area contributed by atoms with Crippen molar-refractivity contribution in [2.24, 2.45) is 5.92 Å². The number of carbonyl (C=O) groups excluding carboxylic acids is 2. The molecule has 0 aromatic heterocycles. The quantitative estimate of drug-likeness (QED) is 0.653. The van der Waals surface area contributed by atoms with Crippen LogP contribution in [0.1, 0.15) is 52.0 Å². The molecule has 2 saturated heterocycles. The van der Waals surface area contributed by atoms with Gasteiger partial charge in [-0.1, -0.05) is 12.1 Å². The fourth-order valence-corrected chi connectivity index (χ4v) is 5.76. The summed E-state index contributed by atoms with van der Waals surface area (Å²) in [6.07, 6.45) is 0.572. The lowest BCUT2D eigenvalue weighted by Crippen LogP contribution is -2.67. The van der Waals surface area contributed by atoms with Crippen molar-refractivity contribution < 1.29 is 29.3 Å². The van der Waals surface area contributed by atoms with E-state index in [2.05, 4.69) is 5.32 Å². The predicted molar refractivity (Wildman–Crippen MR) is 117 cm³/mol. The molecular weight excluding hydrogens is 412 g/mol. The van der Waals surface area contributed by atoms with Crippen LogP contribution in [0.3, 0.4) is 0 Å². The number of nitrogens with one attached hydrogen (secondary N) is 1. The Morgan fingerprint density at radius 3 is 2.53 bits per heavy atom. The number of methoxy groups -OCH3 is 1. The van der Waals surface area contributed by atoms with E-state index in [0.717, 1.165) is 11.3 Å². The van der Waals surface area contributed by atoms with Gasteiger partial charge in [0, 0.05) is 17.9 Å². The average molecular weight is 447 g/mol. The lowest BCUT2D eigenvalue weighted by molar-refractivity contribution is -0.167. The number of carbonyl (C=O) groups is 2. The Hall–Kier alpha value is -2.32. The molecular formula is C24H34N2O6. The second kappa shape index (κ2) is 8.23. The molecule has 2 aliphatic heterocycles. The van der Waals surface area contributed by atoms with Crippen molar-refractivity contribution in [3.63, 3.8) is 0 Å². The van der Waals surface area contributed by atoms with Gasteiger partial charge in [0.05, 0.1) is 25.4 Å². The van der Waals surface area contributed by atoms with Crippen molar-refractivity contribution in [2.75, 3.05) is 7.11 Å². The first kappa shape index (κ1) is 22.9. The summed E-state index contributed by atoms with van der Waals surface area (Å²) in [5.74, 6) is 0.250. The number of piperidine rings is 1. The van der Waals surface area contributed by atoms with E-state index in [-0.39, 0.29) is 11.8 Å². The molecule has 176 valence electrons. The van der Waals surface area contributed by atoms with Gasteiger partial charge in [0.15, 0.2) is 0 Å². The summed E-state index contributed by atoms with van der Waals surface area (Å²) in [4.78, 5) is 27.7. The van der Waals surface area contributed by atoms with E-state index in [1.807, 2.05) is 29.2 Å². The molecule has 2 amide bonds. The minimum Gasteiger partial charge on any atom is -0.497 e. The molecule has 3 N–H and O–H groups in total. The number of aliphatic hydroxyl groups excluding tert-OH is 2. The number of nitrogens with zero attached hydrogens (tertiary/aromatic N) is 1. The Labute approximate surface area is 188 Å². The Bertz CT molecular complexity index is 866. The minimum atomic E-state index is -0.843. The van der Waals surface area contributed by atoms with Gasteiger partial charge in [0.1, 0.15) is 17.4 Å². The molecule has 1 aromatic rings. The standard InChI is InChI=1S/C24H34N2O6/c1-23(2,3)32-22(30)25-17-13-24-10-9-19(27)16(12-24)20(28)18(26(24)21(17)29)11-14-5-7-15(31-4)8-6-14/h5-8,16-20,27-28H,9-13H2,1-4H3,(H,25,30)/t16-,17-,18-,19-,20-,24-/m0/s1. The van der Waals surface area contributed by atoms with Crippen LogP contribution in [-0.4, -0.2) is 69.7 Å². The molecule has 4 rings (SSSR count). The number of benzene rings is 1. The van der Waals surface area contributed by atoms with E-state index in [0.29, 0.717) is 32.1 Å². The second-order valence-corrected chi connectivity index (χ2v) is 10.4. The van der Waals surface area contributed by atoms with Gasteiger partial charge in [0.2, 0.25) is 5.91 Å². The molecule has 1 aliphatic carbocycles. The van der Waals surface area contributed by atoms with E-state index in [9.17, 15) is 19.8 Å². The second-order valence-electron chi connectivity index (χ2n) is 10.4. The number of rotatable bonds is 4. The van der Waals surface area contributed by atoms with Gasteiger partial charge in [-0.3, -0.25) is 4.79 Å². The molecule has 8 nitrogen and oxygen atoms in total. The van der Waals surface area contributed by atoms with Gasteiger partial charge in [-0.05, 0) is 64.2 Å². The fraction of sp³-hybridized carbons (Fsp3) is 0.667. The third-order valence-electron chi connectivity index (χ3n) is 7.11. The smallest absolute Gasteiger partial charge is 0.408 e. The van der Waals surface area contributed by atoms with Crippen LogP contribution in [0.15, 0.2) is 24.3 Å². The van der Waals surface area contributed by atoms with Crippen LogP contribution in [0, 0.1) is 5.92 Å². The predicted octanol–water partition coefficient (Wildman–Crippen LogP) is 2.01. The summed E-state index contributed by atoms with van der Waals surface area (Å²) >= 11 is 0. The minimum absolute atomic E-state index is 0.191. The molecule has 6 atom stereocenters. The summed E-state index contributed by atoms with van der Waals surface area (Å²) in [6, 6.07) is 6.38. The number of alkyl carbamates (subject to hydrolysis) is 1. The molecule has 2 heterocycles. The number of aliphatic hydroxyl groups is 2. The lowest BCUT2D eigenvalue weighted by atomic mass is 9.65. The molecule has 32 heavy (non-hydrogen) atoms. The number of hydrogen-bond donors (Lipinski definition) is 3. The van der Waals surface area contributed by atoms with Gasteiger partial charge >= 0.3 is 6.09 Å².